The van der Waals surface area contributed by atoms with Crippen LogP contribution in [0.4, 0.5) is 0 Å². The highest BCUT2D eigenvalue weighted by Gasteiger charge is 2.45. The van der Waals surface area contributed by atoms with E-state index in [0.29, 0.717) is 5.41 Å². The molecule has 70 valence electrons. The Morgan fingerprint density at radius 3 is 2.42 bits per heavy atom. The Balaban J connectivity index is 2.34. The maximum absolute atomic E-state index is 4.10. The molecular weight excluding hydrogens is 144 g/mol. The number of hydrogen-bond donors (Lipinski definition) is 0. The van der Waals surface area contributed by atoms with Crippen molar-refractivity contribution in [2.45, 2.75) is 52.9 Å². The third-order valence-electron chi connectivity index (χ3n) is 3.37. The van der Waals surface area contributed by atoms with Crippen molar-refractivity contribution in [2.24, 2.45) is 11.3 Å². The second-order valence-electron chi connectivity index (χ2n) is 4.51. The molecule has 1 aliphatic carbocycles. The van der Waals surface area contributed by atoms with E-state index in [1.54, 1.807) is 0 Å². The molecule has 0 spiro atoms. The molecule has 1 aliphatic rings. The van der Waals surface area contributed by atoms with Crippen LogP contribution in [0.5, 0.6) is 0 Å². The van der Waals surface area contributed by atoms with Gasteiger partial charge in [0.25, 0.3) is 0 Å². The first-order valence-electron chi connectivity index (χ1n) is 5.33. The summed E-state index contributed by atoms with van der Waals surface area (Å²) in [5.41, 5.74) is 2.09. The Hall–Kier alpha value is -0.260. The molecule has 0 nitrogen and oxygen atoms in total. The van der Waals surface area contributed by atoms with Gasteiger partial charge in [0.2, 0.25) is 0 Å². The van der Waals surface area contributed by atoms with Crippen molar-refractivity contribution >= 4 is 0 Å². The fourth-order valence-corrected chi connectivity index (χ4v) is 2.36. The van der Waals surface area contributed by atoms with Crippen LogP contribution in [0.1, 0.15) is 52.9 Å². The van der Waals surface area contributed by atoms with Crippen molar-refractivity contribution in [2.75, 3.05) is 0 Å². The average Bonchev–Trinajstić information content (AvgIpc) is 2.63. The summed E-state index contributed by atoms with van der Waals surface area (Å²) in [6, 6.07) is 0. The van der Waals surface area contributed by atoms with E-state index in [4.69, 9.17) is 0 Å². The summed E-state index contributed by atoms with van der Waals surface area (Å²) >= 11 is 0. The topological polar surface area (TPSA) is 0 Å². The van der Waals surface area contributed by atoms with E-state index >= 15 is 0 Å². The molecule has 1 fully saturated rings. The summed E-state index contributed by atoms with van der Waals surface area (Å²) in [6.07, 6.45) is 6.70. The second-order valence-corrected chi connectivity index (χ2v) is 4.51. The van der Waals surface area contributed by atoms with Gasteiger partial charge in [-0.25, -0.2) is 0 Å². The van der Waals surface area contributed by atoms with Crippen LogP contribution >= 0.6 is 0 Å². The first-order valence-corrected chi connectivity index (χ1v) is 5.33. The minimum Gasteiger partial charge on any atom is -0.0993 e. The summed E-state index contributed by atoms with van der Waals surface area (Å²) in [4.78, 5) is 0. The van der Waals surface area contributed by atoms with Gasteiger partial charge in [0.15, 0.2) is 0 Å². The van der Waals surface area contributed by atoms with Gasteiger partial charge >= 0.3 is 0 Å². The molecule has 1 saturated carbocycles. The molecule has 0 amide bonds. The molecule has 2 atom stereocenters. The lowest BCUT2D eigenvalue weighted by molar-refractivity contribution is 0.359. The zero-order valence-corrected chi connectivity index (χ0v) is 8.82. The summed E-state index contributed by atoms with van der Waals surface area (Å²) in [5.74, 6) is 0.897. The van der Waals surface area contributed by atoms with Crippen molar-refractivity contribution in [3.8, 4) is 0 Å². The molecule has 0 aliphatic heterocycles. The molecule has 0 saturated heterocycles. The molecule has 0 heteroatoms. The normalized spacial score (nSPS) is 30.4. The summed E-state index contributed by atoms with van der Waals surface area (Å²) < 4.78 is 0. The van der Waals surface area contributed by atoms with Gasteiger partial charge in [0, 0.05) is 0 Å². The standard InChI is InChI=1S/C12H22/c1-5-7-10(3)8-12(6-2)9-11(12)4/h10H,4-9H2,1-3H3. The van der Waals surface area contributed by atoms with Gasteiger partial charge in [0.05, 0.1) is 0 Å². The highest BCUT2D eigenvalue weighted by Crippen LogP contribution is 2.57. The van der Waals surface area contributed by atoms with E-state index in [-0.39, 0.29) is 0 Å². The highest BCUT2D eigenvalue weighted by atomic mass is 14.5. The van der Waals surface area contributed by atoms with Crippen LogP contribution in [-0.2, 0) is 0 Å². The van der Waals surface area contributed by atoms with Crippen LogP contribution in [0.2, 0.25) is 0 Å². The van der Waals surface area contributed by atoms with Gasteiger partial charge in [-0.1, -0.05) is 45.8 Å². The Labute approximate surface area is 77.1 Å². The fourth-order valence-electron chi connectivity index (χ4n) is 2.36. The molecular formula is C12H22. The number of rotatable bonds is 5. The molecule has 2 unspecified atom stereocenters. The lowest BCUT2D eigenvalue weighted by atomic mass is 9.88. The maximum Gasteiger partial charge on any atom is -0.00533 e. The lowest BCUT2D eigenvalue weighted by Crippen LogP contribution is -2.06. The lowest BCUT2D eigenvalue weighted by Gasteiger charge is -2.17. The smallest absolute Gasteiger partial charge is 0.00533 e. The van der Waals surface area contributed by atoms with E-state index in [1.807, 2.05) is 0 Å². The Bertz CT molecular complexity index is 169. The van der Waals surface area contributed by atoms with Crippen molar-refractivity contribution < 1.29 is 0 Å². The molecule has 0 aromatic rings. The van der Waals surface area contributed by atoms with E-state index in [2.05, 4.69) is 27.4 Å². The predicted octanol–water partition coefficient (Wildman–Crippen LogP) is 4.17. The highest BCUT2D eigenvalue weighted by molar-refractivity contribution is 5.29. The van der Waals surface area contributed by atoms with Crippen molar-refractivity contribution in [1.29, 1.82) is 0 Å². The molecule has 0 bridgehead atoms. The summed E-state index contributed by atoms with van der Waals surface area (Å²) in [7, 11) is 0. The molecule has 0 radical (unpaired) electrons. The van der Waals surface area contributed by atoms with Crippen LogP contribution in [0, 0.1) is 11.3 Å². The largest absolute Gasteiger partial charge is 0.0993 e. The van der Waals surface area contributed by atoms with Crippen molar-refractivity contribution in [3.05, 3.63) is 12.2 Å². The van der Waals surface area contributed by atoms with E-state index in [9.17, 15) is 0 Å². The molecule has 12 heavy (non-hydrogen) atoms. The van der Waals surface area contributed by atoms with Gasteiger partial charge in [-0.3, -0.25) is 0 Å². The third-order valence-corrected chi connectivity index (χ3v) is 3.37. The predicted molar refractivity (Wildman–Crippen MR) is 55.2 cm³/mol. The Morgan fingerprint density at radius 1 is 1.50 bits per heavy atom. The molecule has 0 N–H and O–H groups in total. The first-order chi connectivity index (χ1) is 5.64. The maximum atomic E-state index is 4.10. The van der Waals surface area contributed by atoms with E-state index < -0.39 is 0 Å². The minimum atomic E-state index is 0.578. The van der Waals surface area contributed by atoms with Crippen LogP contribution < -0.4 is 0 Å². The van der Waals surface area contributed by atoms with E-state index in [0.717, 1.165) is 5.92 Å². The fraction of sp³-hybridized carbons (Fsp3) is 0.833. The van der Waals surface area contributed by atoms with Crippen LogP contribution in [0.15, 0.2) is 12.2 Å². The monoisotopic (exact) mass is 166 g/mol. The van der Waals surface area contributed by atoms with Crippen LogP contribution in [0.25, 0.3) is 0 Å². The van der Waals surface area contributed by atoms with Crippen LogP contribution in [0.3, 0.4) is 0 Å². The molecule has 0 aromatic carbocycles. The molecule has 0 heterocycles. The SMILES string of the molecule is C=C1CC1(CC)CC(C)CCC. The van der Waals surface area contributed by atoms with Gasteiger partial charge in [-0.05, 0) is 30.6 Å². The van der Waals surface area contributed by atoms with Gasteiger partial charge in [-0.15, -0.1) is 0 Å². The van der Waals surface area contributed by atoms with Crippen molar-refractivity contribution in [3.63, 3.8) is 0 Å². The summed E-state index contributed by atoms with van der Waals surface area (Å²) in [6.45, 7) is 11.1. The molecule has 0 aromatic heterocycles. The van der Waals surface area contributed by atoms with Gasteiger partial charge in [0.1, 0.15) is 0 Å². The number of allylic oxidation sites excluding steroid dienone is 1. The zero-order chi connectivity index (χ0) is 9.19. The quantitative estimate of drug-likeness (QED) is 0.538. The first kappa shape index (κ1) is 9.83. The Kier molecular flexibility index (Phi) is 2.98. The average molecular weight is 166 g/mol. The second kappa shape index (κ2) is 3.64. The molecule has 1 rings (SSSR count). The van der Waals surface area contributed by atoms with Crippen LogP contribution in [-0.4, -0.2) is 0 Å². The Morgan fingerprint density at radius 2 is 2.08 bits per heavy atom. The number of hydrogen-bond acceptors (Lipinski definition) is 0. The van der Waals surface area contributed by atoms with Crippen molar-refractivity contribution in [1.82, 2.24) is 0 Å². The van der Waals surface area contributed by atoms with E-state index in [1.165, 1.54) is 37.7 Å². The summed E-state index contributed by atoms with van der Waals surface area (Å²) in [5, 5.41) is 0. The minimum absolute atomic E-state index is 0.578. The zero-order valence-electron chi connectivity index (χ0n) is 8.82. The van der Waals surface area contributed by atoms with Gasteiger partial charge < -0.3 is 0 Å². The van der Waals surface area contributed by atoms with Gasteiger partial charge in [-0.2, -0.15) is 0 Å². The third kappa shape index (κ3) is 1.91.